The van der Waals surface area contributed by atoms with Crippen LogP contribution in [0.5, 0.6) is 11.5 Å². The fourth-order valence-corrected chi connectivity index (χ4v) is 3.11. The molecule has 0 radical (unpaired) electrons. The number of aromatic nitrogens is 2. The van der Waals surface area contributed by atoms with Crippen molar-refractivity contribution in [2.45, 2.75) is 6.92 Å². The van der Waals surface area contributed by atoms with Gasteiger partial charge in [-0.1, -0.05) is 0 Å². The van der Waals surface area contributed by atoms with Gasteiger partial charge < -0.3 is 9.47 Å². The highest BCUT2D eigenvalue weighted by Gasteiger charge is 2.16. The van der Waals surface area contributed by atoms with Crippen molar-refractivity contribution in [2.75, 3.05) is 13.2 Å². The van der Waals surface area contributed by atoms with Crippen LogP contribution in [0.4, 0.5) is 0 Å². The molecule has 0 atom stereocenters. The molecule has 3 aromatic rings. The molecule has 4 rings (SSSR count). The highest BCUT2D eigenvalue weighted by molar-refractivity contribution is 9.10. The molecular weight excluding hydrogens is 400 g/mol. The molecule has 1 aliphatic heterocycles. The van der Waals surface area contributed by atoms with Crippen LogP contribution >= 0.6 is 15.9 Å². The topological polar surface area (TPSA) is 77.2 Å². The van der Waals surface area contributed by atoms with E-state index in [9.17, 15) is 4.79 Å². The minimum atomic E-state index is -0.332. The first kappa shape index (κ1) is 16.6. The number of halogens is 1. The van der Waals surface area contributed by atoms with Gasteiger partial charge in [-0.15, -0.1) is 0 Å². The van der Waals surface area contributed by atoms with Gasteiger partial charge in [-0.25, -0.2) is 10.4 Å². The number of nitrogens with one attached hydrogen (secondary N) is 1. The summed E-state index contributed by atoms with van der Waals surface area (Å²) in [5, 5.41) is 4.04. The Labute approximate surface area is 157 Å². The molecule has 1 aliphatic rings. The summed E-state index contributed by atoms with van der Waals surface area (Å²) in [6, 6.07) is 9.21. The number of carbonyl (C=O) groups excluding carboxylic acids is 1. The number of amides is 1. The summed E-state index contributed by atoms with van der Waals surface area (Å²) < 4.78 is 13.6. The third kappa shape index (κ3) is 3.15. The van der Waals surface area contributed by atoms with Gasteiger partial charge in [0.2, 0.25) is 0 Å². The number of pyridine rings is 1. The summed E-state index contributed by atoms with van der Waals surface area (Å²) in [4.78, 5) is 16.9. The molecule has 0 saturated heterocycles. The van der Waals surface area contributed by atoms with Gasteiger partial charge in [-0.2, -0.15) is 5.10 Å². The van der Waals surface area contributed by atoms with E-state index in [1.54, 1.807) is 23.7 Å². The normalized spacial score (nSPS) is 13.3. The first-order valence-electron chi connectivity index (χ1n) is 7.99. The molecular formula is C18H15BrN4O3. The predicted molar refractivity (Wildman–Crippen MR) is 100 cm³/mol. The zero-order valence-electron chi connectivity index (χ0n) is 13.9. The van der Waals surface area contributed by atoms with E-state index in [4.69, 9.17) is 9.47 Å². The summed E-state index contributed by atoms with van der Waals surface area (Å²) in [5.74, 6) is 1.06. The number of aryl methyl sites for hydroxylation is 1. The van der Waals surface area contributed by atoms with Gasteiger partial charge in [-0.3, -0.25) is 9.20 Å². The largest absolute Gasteiger partial charge is 0.486 e. The van der Waals surface area contributed by atoms with Crippen LogP contribution in [0.15, 0.2) is 46.1 Å². The first-order valence-corrected chi connectivity index (χ1v) is 8.78. The Morgan fingerprint density at radius 1 is 1.27 bits per heavy atom. The number of fused-ring (bicyclic) bond motifs is 2. The second kappa shape index (κ2) is 6.80. The van der Waals surface area contributed by atoms with Gasteiger partial charge in [0.25, 0.3) is 5.91 Å². The number of imidazole rings is 1. The van der Waals surface area contributed by atoms with E-state index in [2.05, 4.69) is 31.4 Å². The van der Waals surface area contributed by atoms with Gasteiger partial charge in [0.1, 0.15) is 24.6 Å². The molecule has 8 heteroatoms. The monoisotopic (exact) mass is 414 g/mol. The Morgan fingerprint density at radius 3 is 2.92 bits per heavy atom. The van der Waals surface area contributed by atoms with E-state index in [0.29, 0.717) is 41.7 Å². The third-order valence-corrected chi connectivity index (χ3v) is 4.39. The highest BCUT2D eigenvalue weighted by Crippen LogP contribution is 2.30. The maximum atomic E-state index is 12.5. The second-order valence-corrected chi connectivity index (χ2v) is 6.64. The van der Waals surface area contributed by atoms with Crippen molar-refractivity contribution in [3.8, 4) is 11.5 Å². The fourth-order valence-electron chi connectivity index (χ4n) is 2.77. The quantitative estimate of drug-likeness (QED) is 0.527. The number of nitrogens with zero attached hydrogens (tertiary/aromatic N) is 3. The molecule has 1 N–H and O–H groups in total. The molecule has 3 heterocycles. The Kier molecular flexibility index (Phi) is 4.34. The number of hydrogen-bond acceptors (Lipinski definition) is 5. The van der Waals surface area contributed by atoms with E-state index in [1.165, 1.54) is 0 Å². The predicted octanol–water partition coefficient (Wildman–Crippen LogP) is 2.94. The van der Waals surface area contributed by atoms with E-state index >= 15 is 0 Å². The van der Waals surface area contributed by atoms with Crippen molar-refractivity contribution in [3.63, 3.8) is 0 Å². The molecule has 2 aromatic heterocycles. The smallest absolute Gasteiger partial charge is 0.290 e. The summed E-state index contributed by atoms with van der Waals surface area (Å²) in [7, 11) is 0. The van der Waals surface area contributed by atoms with Gasteiger partial charge in [0.15, 0.2) is 11.5 Å². The van der Waals surface area contributed by atoms with Crippen molar-refractivity contribution in [1.82, 2.24) is 14.8 Å². The van der Waals surface area contributed by atoms with Crippen LogP contribution in [0.2, 0.25) is 0 Å². The summed E-state index contributed by atoms with van der Waals surface area (Å²) in [5.41, 5.74) is 5.13. The van der Waals surface area contributed by atoms with E-state index in [-0.39, 0.29) is 5.91 Å². The molecule has 0 unspecified atom stereocenters. The van der Waals surface area contributed by atoms with Gasteiger partial charge in [-0.05, 0) is 58.7 Å². The Morgan fingerprint density at radius 2 is 2.08 bits per heavy atom. The average Bonchev–Trinajstić information content (AvgIpc) is 2.96. The summed E-state index contributed by atoms with van der Waals surface area (Å²) >= 11 is 3.41. The van der Waals surface area contributed by atoms with Crippen molar-refractivity contribution < 1.29 is 14.3 Å². The molecule has 0 aliphatic carbocycles. The molecule has 0 spiro atoms. The SMILES string of the molecule is Cc1nc2ccc(Br)cn2c1C(=O)N/N=C/c1ccc2c(c1)OCCO2. The van der Waals surface area contributed by atoms with Crippen LogP contribution in [0.3, 0.4) is 0 Å². The lowest BCUT2D eigenvalue weighted by Gasteiger charge is -2.18. The average molecular weight is 415 g/mol. The van der Waals surface area contributed by atoms with Crippen LogP contribution in [-0.2, 0) is 0 Å². The third-order valence-electron chi connectivity index (χ3n) is 3.92. The van der Waals surface area contributed by atoms with E-state index in [0.717, 1.165) is 10.0 Å². The molecule has 1 aromatic carbocycles. The maximum absolute atomic E-state index is 12.5. The first-order chi connectivity index (χ1) is 12.6. The lowest BCUT2D eigenvalue weighted by atomic mass is 10.2. The molecule has 0 saturated carbocycles. The maximum Gasteiger partial charge on any atom is 0.290 e. The highest BCUT2D eigenvalue weighted by atomic mass is 79.9. The van der Waals surface area contributed by atoms with Crippen molar-refractivity contribution in [2.24, 2.45) is 5.10 Å². The number of carbonyl (C=O) groups is 1. The Bertz CT molecular complexity index is 1030. The zero-order chi connectivity index (χ0) is 18.1. The van der Waals surface area contributed by atoms with Gasteiger partial charge >= 0.3 is 0 Å². The second-order valence-electron chi connectivity index (χ2n) is 5.72. The molecule has 132 valence electrons. The van der Waals surface area contributed by atoms with Crippen LogP contribution in [0, 0.1) is 6.92 Å². The molecule has 26 heavy (non-hydrogen) atoms. The van der Waals surface area contributed by atoms with Crippen LogP contribution < -0.4 is 14.9 Å². The fraction of sp³-hybridized carbons (Fsp3) is 0.167. The van der Waals surface area contributed by atoms with Crippen LogP contribution in [0.25, 0.3) is 5.65 Å². The molecule has 7 nitrogen and oxygen atoms in total. The Balaban J connectivity index is 1.53. The van der Waals surface area contributed by atoms with Crippen molar-refractivity contribution >= 4 is 33.7 Å². The number of hydrogen-bond donors (Lipinski definition) is 1. The molecule has 0 bridgehead atoms. The Hall–Kier alpha value is -2.87. The van der Waals surface area contributed by atoms with Gasteiger partial charge in [0.05, 0.1) is 11.9 Å². The number of hydrazone groups is 1. The molecule has 1 amide bonds. The standard InChI is InChI=1S/C18H15BrN4O3/c1-11-17(23-10-13(19)3-5-16(23)21-11)18(24)22-20-9-12-2-4-14-15(8-12)26-7-6-25-14/h2-5,8-10H,6-7H2,1H3,(H,22,24)/b20-9+. The minimum Gasteiger partial charge on any atom is -0.486 e. The lowest BCUT2D eigenvalue weighted by molar-refractivity contribution is 0.0948. The van der Waals surface area contributed by atoms with Crippen LogP contribution in [0.1, 0.15) is 21.7 Å². The van der Waals surface area contributed by atoms with E-state index < -0.39 is 0 Å². The van der Waals surface area contributed by atoms with Crippen molar-refractivity contribution in [1.29, 1.82) is 0 Å². The number of rotatable bonds is 3. The lowest BCUT2D eigenvalue weighted by Crippen LogP contribution is -2.20. The van der Waals surface area contributed by atoms with Gasteiger partial charge in [0, 0.05) is 10.7 Å². The summed E-state index contributed by atoms with van der Waals surface area (Å²) in [6.07, 6.45) is 3.36. The zero-order valence-corrected chi connectivity index (χ0v) is 15.5. The van der Waals surface area contributed by atoms with Crippen LogP contribution in [-0.4, -0.2) is 34.7 Å². The van der Waals surface area contributed by atoms with Crippen molar-refractivity contribution in [3.05, 3.63) is 58.0 Å². The molecule has 0 fully saturated rings. The number of ether oxygens (including phenoxy) is 2. The summed E-state index contributed by atoms with van der Waals surface area (Å²) in [6.45, 7) is 2.86. The minimum absolute atomic E-state index is 0.332. The number of benzene rings is 1. The van der Waals surface area contributed by atoms with E-state index in [1.807, 2.05) is 30.3 Å².